The molecule has 7 nitrogen and oxygen atoms in total. The lowest BCUT2D eigenvalue weighted by Gasteiger charge is -2.15. The van der Waals surface area contributed by atoms with Crippen molar-refractivity contribution in [2.24, 2.45) is 0 Å². The van der Waals surface area contributed by atoms with E-state index in [0.29, 0.717) is 22.3 Å². The van der Waals surface area contributed by atoms with E-state index < -0.39 is 11.2 Å². The predicted molar refractivity (Wildman–Crippen MR) is 119 cm³/mol. The summed E-state index contributed by atoms with van der Waals surface area (Å²) in [5.41, 5.74) is 2.48. The number of nitrogens with one attached hydrogen (secondary N) is 1. The van der Waals surface area contributed by atoms with Crippen LogP contribution < -0.4 is 16.6 Å². The van der Waals surface area contributed by atoms with E-state index in [9.17, 15) is 14.4 Å². The molecule has 0 fully saturated rings. The van der Waals surface area contributed by atoms with Crippen LogP contribution >= 0.6 is 0 Å². The monoisotopic (exact) mass is 414 g/mol. The van der Waals surface area contributed by atoms with Crippen molar-refractivity contribution in [3.63, 3.8) is 0 Å². The Labute approximate surface area is 178 Å². The van der Waals surface area contributed by atoms with Gasteiger partial charge in [0.1, 0.15) is 6.54 Å². The molecule has 4 aromatic rings. The fourth-order valence-corrected chi connectivity index (χ4v) is 3.53. The van der Waals surface area contributed by atoms with Crippen LogP contribution in [-0.4, -0.2) is 20.0 Å². The van der Waals surface area contributed by atoms with E-state index in [4.69, 9.17) is 0 Å². The minimum absolute atomic E-state index is 0.211. The zero-order chi connectivity index (χ0) is 22.0. The first-order chi connectivity index (χ1) is 14.9. The highest BCUT2D eigenvalue weighted by Crippen LogP contribution is 2.13. The third kappa shape index (κ3) is 4.16. The number of hydrogen-bond acceptors (Lipinski definition) is 4. The topological polar surface area (TPSA) is 86.0 Å². The average molecular weight is 414 g/mol. The summed E-state index contributed by atoms with van der Waals surface area (Å²) in [4.78, 5) is 43.4. The number of fused-ring (bicyclic) bond motifs is 1. The van der Waals surface area contributed by atoms with Gasteiger partial charge in [-0.2, -0.15) is 0 Å². The minimum atomic E-state index is -0.556. The molecule has 0 aliphatic carbocycles. The smallest absolute Gasteiger partial charge is 0.336 e. The number of carbonyl (C=O) groups excluding carboxylic acids is 1. The second-order valence-corrected chi connectivity index (χ2v) is 7.47. The van der Waals surface area contributed by atoms with Crippen molar-refractivity contribution in [1.29, 1.82) is 0 Å². The van der Waals surface area contributed by atoms with Crippen LogP contribution in [-0.2, 0) is 17.9 Å². The number of aromatic nitrogens is 3. The quantitative estimate of drug-likeness (QED) is 0.544. The Morgan fingerprint density at radius 1 is 0.968 bits per heavy atom. The second-order valence-electron chi connectivity index (χ2n) is 7.47. The maximum atomic E-state index is 13.3. The van der Waals surface area contributed by atoms with Crippen molar-refractivity contribution in [3.05, 3.63) is 105 Å². The highest BCUT2D eigenvalue weighted by molar-refractivity contribution is 5.82. The largest absolute Gasteiger partial charge is 0.349 e. The molecule has 2 heterocycles. The third-order valence-corrected chi connectivity index (χ3v) is 5.05. The fourth-order valence-electron chi connectivity index (χ4n) is 3.53. The Bertz CT molecular complexity index is 1390. The Morgan fingerprint density at radius 2 is 1.77 bits per heavy atom. The molecule has 0 unspecified atom stereocenters. The lowest BCUT2D eigenvalue weighted by molar-refractivity contribution is -0.121. The molecule has 4 rings (SSSR count). The van der Waals surface area contributed by atoms with E-state index in [1.54, 1.807) is 42.6 Å². The molecule has 2 aromatic carbocycles. The third-order valence-electron chi connectivity index (χ3n) is 5.05. The van der Waals surface area contributed by atoms with Crippen molar-refractivity contribution < 1.29 is 4.79 Å². The van der Waals surface area contributed by atoms with Crippen LogP contribution in [0, 0.1) is 13.8 Å². The average Bonchev–Trinajstić information content (AvgIpc) is 2.76. The van der Waals surface area contributed by atoms with Gasteiger partial charge in [-0.15, -0.1) is 0 Å². The second kappa shape index (κ2) is 8.39. The minimum Gasteiger partial charge on any atom is -0.349 e. The summed E-state index contributed by atoms with van der Waals surface area (Å²) in [6.45, 7) is 3.81. The first-order valence-corrected chi connectivity index (χ1v) is 9.94. The molecule has 0 atom stereocenters. The van der Waals surface area contributed by atoms with Crippen LogP contribution in [0.4, 0.5) is 0 Å². The van der Waals surface area contributed by atoms with E-state index >= 15 is 0 Å². The molecule has 0 bridgehead atoms. The number of hydrogen-bond donors (Lipinski definition) is 1. The summed E-state index contributed by atoms with van der Waals surface area (Å²) >= 11 is 0. The van der Waals surface area contributed by atoms with Crippen molar-refractivity contribution >= 4 is 16.8 Å². The number of carbonyl (C=O) groups is 1. The van der Waals surface area contributed by atoms with Gasteiger partial charge in [0, 0.05) is 6.20 Å². The molecule has 1 N–H and O–H groups in total. The van der Waals surface area contributed by atoms with E-state index in [2.05, 4.69) is 10.3 Å². The molecule has 31 heavy (non-hydrogen) atoms. The molecule has 0 spiro atoms. The van der Waals surface area contributed by atoms with Crippen molar-refractivity contribution in [1.82, 2.24) is 19.4 Å². The summed E-state index contributed by atoms with van der Waals surface area (Å²) < 4.78 is 2.47. The van der Waals surface area contributed by atoms with Gasteiger partial charge in [-0.05, 0) is 55.8 Å². The van der Waals surface area contributed by atoms with Gasteiger partial charge in [0.15, 0.2) is 0 Å². The van der Waals surface area contributed by atoms with E-state index in [1.807, 2.05) is 38.1 Å². The molecule has 0 aliphatic heterocycles. The van der Waals surface area contributed by atoms with Crippen LogP contribution in [0.25, 0.3) is 16.6 Å². The van der Waals surface area contributed by atoms with Gasteiger partial charge < -0.3 is 5.32 Å². The standard InChI is InChI=1S/C24H22N4O3/c1-16-6-5-8-19(12-16)28-23(30)20-13-17(2)9-10-21(20)27(24(28)31)15-22(29)26-14-18-7-3-4-11-25-18/h3-13H,14-15H2,1-2H3,(H,26,29). The van der Waals surface area contributed by atoms with Gasteiger partial charge in [0.05, 0.1) is 28.8 Å². The van der Waals surface area contributed by atoms with E-state index in [-0.39, 0.29) is 19.0 Å². The molecule has 1 amide bonds. The Morgan fingerprint density at radius 3 is 2.52 bits per heavy atom. The number of amides is 1. The molecule has 0 radical (unpaired) electrons. The van der Waals surface area contributed by atoms with Gasteiger partial charge in [-0.1, -0.05) is 29.8 Å². The summed E-state index contributed by atoms with van der Waals surface area (Å²) in [5, 5.41) is 3.17. The molecule has 2 aromatic heterocycles. The van der Waals surface area contributed by atoms with Gasteiger partial charge in [-0.3, -0.25) is 19.1 Å². The van der Waals surface area contributed by atoms with Gasteiger partial charge >= 0.3 is 5.69 Å². The van der Waals surface area contributed by atoms with Gasteiger partial charge in [0.2, 0.25) is 5.91 Å². The lowest BCUT2D eigenvalue weighted by Crippen LogP contribution is -2.41. The molecular formula is C24H22N4O3. The fraction of sp³-hybridized carbons (Fsp3) is 0.167. The zero-order valence-corrected chi connectivity index (χ0v) is 17.3. The number of benzene rings is 2. The highest BCUT2D eigenvalue weighted by atomic mass is 16.2. The maximum Gasteiger partial charge on any atom is 0.336 e. The van der Waals surface area contributed by atoms with Crippen molar-refractivity contribution in [2.75, 3.05) is 0 Å². The van der Waals surface area contributed by atoms with Crippen LogP contribution in [0.15, 0.2) is 76.4 Å². The summed E-state index contributed by atoms with van der Waals surface area (Å²) in [7, 11) is 0. The first-order valence-electron chi connectivity index (χ1n) is 9.94. The normalized spacial score (nSPS) is 10.9. The van der Waals surface area contributed by atoms with E-state index in [1.165, 1.54) is 4.57 Å². The van der Waals surface area contributed by atoms with Crippen molar-refractivity contribution in [3.8, 4) is 5.69 Å². The lowest BCUT2D eigenvalue weighted by atomic mass is 10.1. The summed E-state index contributed by atoms with van der Waals surface area (Å²) in [5.74, 6) is -0.343. The van der Waals surface area contributed by atoms with E-state index in [0.717, 1.165) is 15.7 Å². The molecule has 7 heteroatoms. The summed E-state index contributed by atoms with van der Waals surface area (Å²) in [6, 6.07) is 17.9. The van der Waals surface area contributed by atoms with Crippen LogP contribution in [0.2, 0.25) is 0 Å². The van der Waals surface area contributed by atoms with Crippen LogP contribution in [0.3, 0.4) is 0 Å². The van der Waals surface area contributed by atoms with Gasteiger partial charge in [0.25, 0.3) is 5.56 Å². The molecular weight excluding hydrogens is 392 g/mol. The zero-order valence-electron chi connectivity index (χ0n) is 17.3. The molecule has 0 saturated heterocycles. The number of pyridine rings is 1. The molecule has 156 valence electrons. The predicted octanol–water partition coefficient (Wildman–Crippen LogP) is 2.48. The van der Waals surface area contributed by atoms with Gasteiger partial charge in [-0.25, -0.2) is 9.36 Å². The number of rotatable bonds is 5. The molecule has 0 aliphatic rings. The van der Waals surface area contributed by atoms with Crippen LogP contribution in [0.5, 0.6) is 0 Å². The van der Waals surface area contributed by atoms with Crippen LogP contribution in [0.1, 0.15) is 16.8 Å². The SMILES string of the molecule is Cc1cccc(-n2c(=O)c3cc(C)ccc3n(CC(=O)NCc3ccccn3)c2=O)c1. The van der Waals surface area contributed by atoms with Crippen molar-refractivity contribution in [2.45, 2.75) is 26.9 Å². The Kier molecular flexibility index (Phi) is 5.49. The first kappa shape index (κ1) is 20.3. The Hall–Kier alpha value is -4.00. The maximum absolute atomic E-state index is 13.3. The summed E-state index contributed by atoms with van der Waals surface area (Å²) in [6.07, 6.45) is 1.65. The number of aryl methyl sites for hydroxylation is 2. The Balaban J connectivity index is 1.79. The highest BCUT2D eigenvalue weighted by Gasteiger charge is 2.17. The number of nitrogens with zero attached hydrogens (tertiary/aromatic N) is 3. The molecule has 0 saturated carbocycles.